The molecule has 0 aromatic heterocycles. The molecule has 0 saturated heterocycles. The maximum atomic E-state index is 12.5. The number of ether oxygens (including phenoxy) is 1. The first kappa shape index (κ1) is 17.5. The second-order valence-electron chi connectivity index (χ2n) is 3.71. The molecule has 1 atom stereocenters. The predicted octanol–water partition coefficient (Wildman–Crippen LogP) is 2.52. The summed E-state index contributed by atoms with van der Waals surface area (Å²) in [6, 6.07) is 0. The lowest BCUT2D eigenvalue weighted by Gasteiger charge is -2.33. The first-order valence-electron chi connectivity index (χ1n) is 4.91. The molecular weight excluding hydrogens is 286 g/mol. The van der Waals surface area contributed by atoms with Crippen molar-refractivity contribution in [2.24, 2.45) is 5.92 Å². The third kappa shape index (κ3) is 3.10. The van der Waals surface area contributed by atoms with E-state index in [9.17, 15) is 35.9 Å². The highest BCUT2D eigenvalue weighted by Gasteiger charge is 2.80. The largest absolute Gasteiger partial charge is 0.478 e. The van der Waals surface area contributed by atoms with Crippen LogP contribution in [0.4, 0.5) is 26.3 Å². The molecule has 0 rings (SSSR count). The Balaban J connectivity index is 5.78. The zero-order valence-electron chi connectivity index (χ0n) is 9.72. The molecule has 0 aliphatic rings. The number of carbonyl (C=O) groups excluding carboxylic acids is 1. The number of halogens is 6. The summed E-state index contributed by atoms with van der Waals surface area (Å²) in [6.07, 6.45) is -12.8. The van der Waals surface area contributed by atoms with Crippen LogP contribution in [0, 0.1) is 5.92 Å². The summed E-state index contributed by atoms with van der Waals surface area (Å²) in [5.41, 5.74) is -5.56. The van der Waals surface area contributed by atoms with Crippen LogP contribution in [-0.2, 0) is 14.3 Å². The third-order valence-electron chi connectivity index (χ3n) is 2.37. The van der Waals surface area contributed by atoms with Crippen LogP contribution in [0.1, 0.15) is 20.3 Å². The van der Waals surface area contributed by atoms with Gasteiger partial charge in [-0.05, 0) is 6.42 Å². The monoisotopic (exact) mass is 296 g/mol. The van der Waals surface area contributed by atoms with Crippen molar-refractivity contribution in [1.82, 2.24) is 0 Å². The Morgan fingerprint density at radius 3 is 1.68 bits per heavy atom. The van der Waals surface area contributed by atoms with Gasteiger partial charge in [0, 0.05) is 0 Å². The minimum absolute atomic E-state index is 0.107. The average molecular weight is 296 g/mol. The van der Waals surface area contributed by atoms with Crippen LogP contribution in [0.5, 0.6) is 0 Å². The smallest absolute Gasteiger partial charge is 0.449 e. The second kappa shape index (κ2) is 5.25. The number of hydrogen-bond acceptors (Lipinski definition) is 3. The summed E-state index contributed by atoms with van der Waals surface area (Å²) in [4.78, 5) is 21.5. The van der Waals surface area contributed by atoms with E-state index in [-0.39, 0.29) is 6.42 Å². The number of aliphatic carboxylic acids is 1. The van der Waals surface area contributed by atoms with Crippen LogP contribution in [0.15, 0.2) is 0 Å². The van der Waals surface area contributed by atoms with E-state index in [4.69, 9.17) is 5.11 Å². The van der Waals surface area contributed by atoms with Crippen molar-refractivity contribution < 1.29 is 45.8 Å². The van der Waals surface area contributed by atoms with Crippen LogP contribution >= 0.6 is 0 Å². The summed E-state index contributed by atoms with van der Waals surface area (Å²) in [5, 5.41) is 8.28. The fourth-order valence-corrected chi connectivity index (χ4v) is 0.981. The molecule has 0 heterocycles. The van der Waals surface area contributed by atoms with Gasteiger partial charge in [0.2, 0.25) is 0 Å². The molecule has 0 radical (unpaired) electrons. The van der Waals surface area contributed by atoms with Gasteiger partial charge in [-0.15, -0.1) is 0 Å². The van der Waals surface area contributed by atoms with Crippen LogP contribution in [0.2, 0.25) is 0 Å². The van der Waals surface area contributed by atoms with Crippen molar-refractivity contribution >= 4 is 11.9 Å². The number of alkyl halides is 6. The topological polar surface area (TPSA) is 63.6 Å². The summed E-state index contributed by atoms with van der Waals surface area (Å²) >= 11 is 0. The molecule has 0 bridgehead atoms. The molecule has 0 aliphatic heterocycles. The van der Waals surface area contributed by atoms with E-state index in [0.717, 1.165) is 6.92 Å². The Bertz CT molecular complexity index is 345. The van der Waals surface area contributed by atoms with Gasteiger partial charge in [-0.1, -0.05) is 13.8 Å². The van der Waals surface area contributed by atoms with E-state index in [1.54, 1.807) is 0 Å². The van der Waals surface area contributed by atoms with Gasteiger partial charge in [-0.2, -0.15) is 26.3 Å². The van der Waals surface area contributed by atoms with Gasteiger partial charge in [0.05, 0.1) is 5.92 Å². The lowest BCUT2D eigenvalue weighted by molar-refractivity contribution is -0.358. The molecule has 19 heavy (non-hydrogen) atoms. The van der Waals surface area contributed by atoms with Crippen molar-refractivity contribution in [3.8, 4) is 0 Å². The van der Waals surface area contributed by atoms with Crippen LogP contribution in [0.25, 0.3) is 0 Å². The Labute approximate surface area is 103 Å². The summed E-state index contributed by atoms with van der Waals surface area (Å²) in [7, 11) is 0. The van der Waals surface area contributed by atoms with Crippen molar-refractivity contribution in [3.63, 3.8) is 0 Å². The van der Waals surface area contributed by atoms with Gasteiger partial charge < -0.3 is 9.84 Å². The molecule has 0 aromatic rings. The molecule has 112 valence electrons. The van der Waals surface area contributed by atoms with E-state index in [2.05, 4.69) is 4.74 Å². The predicted molar refractivity (Wildman–Crippen MR) is 48.0 cm³/mol. The van der Waals surface area contributed by atoms with Gasteiger partial charge in [-0.25, -0.2) is 4.79 Å². The summed E-state index contributed by atoms with van der Waals surface area (Å²) < 4.78 is 78.1. The quantitative estimate of drug-likeness (QED) is 0.639. The Kier molecular flexibility index (Phi) is 4.84. The first-order valence-corrected chi connectivity index (χ1v) is 4.91. The van der Waals surface area contributed by atoms with Crippen molar-refractivity contribution in [2.45, 2.75) is 38.2 Å². The normalized spacial score (nSPS) is 14.9. The molecule has 1 N–H and O–H groups in total. The highest BCUT2D eigenvalue weighted by Crippen LogP contribution is 2.46. The SMILES string of the molecule is CCC(C)C(=O)OC(C(=O)O)(C(F)(F)F)C(F)(F)F. The molecule has 0 aromatic carbocycles. The van der Waals surface area contributed by atoms with E-state index in [1.807, 2.05) is 0 Å². The zero-order chi connectivity index (χ0) is 15.6. The fourth-order valence-electron chi connectivity index (χ4n) is 0.981. The van der Waals surface area contributed by atoms with E-state index < -0.39 is 35.8 Å². The Morgan fingerprint density at radius 1 is 1.11 bits per heavy atom. The number of carboxylic acid groups (broad SMARTS) is 1. The highest BCUT2D eigenvalue weighted by molar-refractivity contribution is 5.84. The van der Waals surface area contributed by atoms with E-state index in [0.29, 0.717) is 0 Å². The highest BCUT2D eigenvalue weighted by atomic mass is 19.4. The van der Waals surface area contributed by atoms with Gasteiger partial charge in [-0.3, -0.25) is 4.79 Å². The van der Waals surface area contributed by atoms with E-state index >= 15 is 0 Å². The molecule has 0 spiro atoms. The second-order valence-corrected chi connectivity index (χ2v) is 3.71. The number of rotatable bonds is 4. The molecule has 0 aliphatic carbocycles. The van der Waals surface area contributed by atoms with Gasteiger partial charge in [0.25, 0.3) is 0 Å². The Morgan fingerprint density at radius 2 is 1.47 bits per heavy atom. The fraction of sp³-hybridized carbons (Fsp3) is 0.778. The van der Waals surface area contributed by atoms with Crippen molar-refractivity contribution in [1.29, 1.82) is 0 Å². The molecule has 0 fully saturated rings. The Hall–Kier alpha value is -1.48. The third-order valence-corrected chi connectivity index (χ3v) is 2.37. The minimum Gasteiger partial charge on any atom is -0.478 e. The van der Waals surface area contributed by atoms with Crippen LogP contribution in [-0.4, -0.2) is 35.0 Å². The van der Waals surface area contributed by atoms with Crippen molar-refractivity contribution in [3.05, 3.63) is 0 Å². The summed E-state index contributed by atoms with van der Waals surface area (Å²) in [5.74, 6) is -6.54. The first-order chi connectivity index (χ1) is 8.31. The van der Waals surface area contributed by atoms with Gasteiger partial charge >= 0.3 is 29.9 Å². The molecule has 4 nitrogen and oxygen atoms in total. The number of hydrogen-bond donors (Lipinski definition) is 1. The zero-order valence-corrected chi connectivity index (χ0v) is 9.72. The lowest BCUT2D eigenvalue weighted by Crippen LogP contribution is -2.65. The number of carboxylic acids is 1. The average Bonchev–Trinajstić information content (AvgIpc) is 2.19. The standard InChI is InChI=1S/C9H10F6O4/c1-3-4(2)5(16)19-7(6(17)18,8(10,11)12)9(13,14)15/h4H,3H2,1-2H3,(H,17,18). The minimum atomic E-state index is -6.33. The molecule has 0 saturated carbocycles. The van der Waals surface area contributed by atoms with Gasteiger partial charge in [0.15, 0.2) is 0 Å². The van der Waals surface area contributed by atoms with Crippen molar-refractivity contribution in [2.75, 3.05) is 0 Å². The van der Waals surface area contributed by atoms with E-state index in [1.165, 1.54) is 6.92 Å². The van der Waals surface area contributed by atoms with Crippen LogP contribution in [0.3, 0.4) is 0 Å². The maximum absolute atomic E-state index is 12.5. The number of esters is 1. The molecule has 0 amide bonds. The lowest BCUT2D eigenvalue weighted by atomic mass is 10.0. The summed E-state index contributed by atoms with van der Waals surface area (Å²) in [6.45, 7) is 2.33. The van der Waals surface area contributed by atoms with Gasteiger partial charge in [0.1, 0.15) is 0 Å². The molecule has 1 unspecified atom stereocenters. The molecular formula is C9H10F6O4. The number of carbonyl (C=O) groups is 2. The molecule has 10 heteroatoms. The van der Waals surface area contributed by atoms with Crippen LogP contribution < -0.4 is 0 Å². The maximum Gasteiger partial charge on any atom is 0.449 e.